The van der Waals surface area contributed by atoms with Gasteiger partial charge in [0.15, 0.2) is 0 Å². The maximum absolute atomic E-state index is 10.7. The van der Waals surface area contributed by atoms with E-state index in [1.807, 2.05) is 0 Å². The van der Waals surface area contributed by atoms with E-state index in [9.17, 15) is 4.79 Å². The topological polar surface area (TPSA) is 52.6 Å². The van der Waals surface area contributed by atoms with Crippen molar-refractivity contribution >= 4 is 5.97 Å². The van der Waals surface area contributed by atoms with Gasteiger partial charge in [-0.25, -0.2) is 0 Å². The second-order valence-electron chi connectivity index (χ2n) is 6.26. The lowest BCUT2D eigenvalue weighted by molar-refractivity contribution is -0.137. The number of carbonyl (C=O) groups is 1. The lowest BCUT2D eigenvalue weighted by Crippen LogP contribution is -2.61. The van der Waals surface area contributed by atoms with E-state index in [0.29, 0.717) is 18.4 Å². The number of carboxylic acid groups (broad SMARTS) is 1. The molecule has 0 radical (unpaired) electrons. The van der Waals surface area contributed by atoms with Crippen molar-refractivity contribution in [2.75, 3.05) is 19.6 Å². The molecule has 3 aliphatic rings. The van der Waals surface area contributed by atoms with Gasteiger partial charge in [0.2, 0.25) is 0 Å². The molecule has 4 heteroatoms. The Hall–Kier alpha value is -0.610. The van der Waals surface area contributed by atoms with Gasteiger partial charge in [0.1, 0.15) is 0 Å². The molecule has 0 amide bonds. The molecular weight excluding hydrogens is 228 g/mol. The van der Waals surface area contributed by atoms with E-state index >= 15 is 0 Å². The Kier molecular flexibility index (Phi) is 3.57. The number of rotatable bonds is 3. The predicted octanol–water partition coefficient (Wildman–Crippen LogP) is 1.31. The molecule has 0 spiro atoms. The van der Waals surface area contributed by atoms with E-state index in [1.54, 1.807) is 0 Å². The minimum absolute atomic E-state index is 0.308. The summed E-state index contributed by atoms with van der Waals surface area (Å²) in [5.41, 5.74) is 0. The third kappa shape index (κ3) is 2.41. The Morgan fingerprint density at radius 1 is 1.33 bits per heavy atom. The summed E-state index contributed by atoms with van der Waals surface area (Å²) in [5, 5.41) is 12.4. The van der Waals surface area contributed by atoms with E-state index in [4.69, 9.17) is 5.11 Å². The Morgan fingerprint density at radius 2 is 2.22 bits per heavy atom. The van der Waals surface area contributed by atoms with E-state index in [1.165, 1.54) is 38.8 Å². The molecule has 18 heavy (non-hydrogen) atoms. The monoisotopic (exact) mass is 252 g/mol. The standard InChI is InChI=1S/C14H24N2O2/c17-14(18)5-4-12-11-7-10(8-15-12)13-3-1-2-6-16(13)9-11/h10-13,15H,1-9H2,(H,17,18)/t10-,11-,12-,13+/m0/s1. The van der Waals surface area contributed by atoms with E-state index in [-0.39, 0.29) is 0 Å². The predicted molar refractivity (Wildman–Crippen MR) is 69.5 cm³/mol. The molecule has 0 aromatic carbocycles. The Morgan fingerprint density at radius 3 is 3.06 bits per heavy atom. The summed E-state index contributed by atoms with van der Waals surface area (Å²) in [6, 6.07) is 1.24. The quantitative estimate of drug-likeness (QED) is 0.795. The van der Waals surface area contributed by atoms with Gasteiger partial charge >= 0.3 is 5.97 Å². The molecule has 102 valence electrons. The third-order valence-corrected chi connectivity index (χ3v) is 5.16. The summed E-state index contributed by atoms with van der Waals surface area (Å²) < 4.78 is 0. The zero-order valence-corrected chi connectivity index (χ0v) is 11.0. The maximum atomic E-state index is 10.7. The summed E-state index contributed by atoms with van der Waals surface area (Å²) >= 11 is 0. The Bertz CT molecular complexity index is 319. The van der Waals surface area contributed by atoms with Crippen molar-refractivity contribution in [1.29, 1.82) is 0 Å². The Labute approximate surface area is 109 Å². The van der Waals surface area contributed by atoms with Crippen molar-refractivity contribution in [1.82, 2.24) is 10.2 Å². The van der Waals surface area contributed by atoms with Crippen molar-refractivity contribution < 1.29 is 9.90 Å². The summed E-state index contributed by atoms with van der Waals surface area (Å²) in [5.74, 6) is 0.827. The fourth-order valence-corrected chi connectivity index (χ4v) is 4.30. The molecule has 4 atom stereocenters. The van der Waals surface area contributed by atoms with Crippen molar-refractivity contribution in [3.63, 3.8) is 0 Å². The zero-order valence-electron chi connectivity index (χ0n) is 11.0. The molecule has 0 aromatic rings. The van der Waals surface area contributed by atoms with Crippen LogP contribution in [0.2, 0.25) is 0 Å². The third-order valence-electron chi connectivity index (χ3n) is 5.16. The number of piperidine rings is 3. The highest BCUT2D eigenvalue weighted by Crippen LogP contribution is 2.37. The first kappa shape index (κ1) is 12.4. The first-order valence-electron chi connectivity index (χ1n) is 7.43. The molecule has 2 N–H and O–H groups in total. The van der Waals surface area contributed by atoms with Gasteiger partial charge in [0.25, 0.3) is 0 Å². The van der Waals surface area contributed by atoms with Crippen LogP contribution in [0.3, 0.4) is 0 Å². The van der Waals surface area contributed by atoms with E-state index in [0.717, 1.165) is 24.9 Å². The molecule has 4 nitrogen and oxygen atoms in total. The number of aliphatic carboxylic acids is 1. The summed E-state index contributed by atoms with van der Waals surface area (Å²) in [7, 11) is 0. The summed E-state index contributed by atoms with van der Waals surface area (Å²) in [4.78, 5) is 13.4. The van der Waals surface area contributed by atoms with Crippen molar-refractivity contribution in [3.8, 4) is 0 Å². The molecule has 3 rings (SSSR count). The largest absolute Gasteiger partial charge is 0.481 e. The lowest BCUT2D eigenvalue weighted by Gasteiger charge is -2.52. The van der Waals surface area contributed by atoms with Crippen LogP contribution in [0.25, 0.3) is 0 Å². The minimum Gasteiger partial charge on any atom is -0.481 e. The highest BCUT2D eigenvalue weighted by Gasteiger charge is 2.42. The first-order chi connectivity index (χ1) is 8.74. The number of nitrogens with one attached hydrogen (secondary N) is 1. The van der Waals surface area contributed by atoms with Crippen LogP contribution >= 0.6 is 0 Å². The zero-order chi connectivity index (χ0) is 12.5. The van der Waals surface area contributed by atoms with Gasteiger partial charge in [-0.05, 0) is 50.6 Å². The van der Waals surface area contributed by atoms with Gasteiger partial charge in [-0.2, -0.15) is 0 Å². The van der Waals surface area contributed by atoms with Gasteiger partial charge in [-0.1, -0.05) is 6.42 Å². The van der Waals surface area contributed by atoms with Gasteiger partial charge in [0, 0.05) is 25.0 Å². The second kappa shape index (κ2) is 5.17. The number of nitrogens with zero attached hydrogens (tertiary/aromatic N) is 1. The normalized spacial score (nSPS) is 40.2. The first-order valence-corrected chi connectivity index (χ1v) is 7.43. The summed E-state index contributed by atoms with van der Waals surface area (Å²) in [6.45, 7) is 3.56. The second-order valence-corrected chi connectivity index (χ2v) is 6.26. The highest BCUT2D eigenvalue weighted by atomic mass is 16.4. The van der Waals surface area contributed by atoms with Gasteiger partial charge in [-0.15, -0.1) is 0 Å². The van der Waals surface area contributed by atoms with Crippen LogP contribution in [0.1, 0.15) is 38.5 Å². The highest BCUT2D eigenvalue weighted by molar-refractivity contribution is 5.66. The van der Waals surface area contributed by atoms with Crippen molar-refractivity contribution in [2.45, 2.75) is 50.6 Å². The minimum atomic E-state index is -0.661. The maximum Gasteiger partial charge on any atom is 0.303 e. The number of fused-ring (bicyclic) bond motifs is 4. The van der Waals surface area contributed by atoms with Gasteiger partial charge in [0.05, 0.1) is 0 Å². The average Bonchev–Trinajstić information content (AvgIpc) is 2.38. The van der Waals surface area contributed by atoms with E-state index in [2.05, 4.69) is 10.2 Å². The van der Waals surface area contributed by atoms with Gasteiger partial charge in [-0.3, -0.25) is 9.69 Å². The molecule has 0 aliphatic carbocycles. The van der Waals surface area contributed by atoms with Crippen LogP contribution in [0.4, 0.5) is 0 Å². The van der Waals surface area contributed by atoms with Crippen molar-refractivity contribution in [2.24, 2.45) is 11.8 Å². The molecule has 0 saturated carbocycles. The molecule has 2 bridgehead atoms. The van der Waals surface area contributed by atoms with Crippen LogP contribution < -0.4 is 5.32 Å². The molecule has 3 saturated heterocycles. The summed E-state index contributed by atoms with van der Waals surface area (Å²) in [6.07, 6.45) is 6.54. The molecule has 3 aliphatic heterocycles. The Balaban J connectivity index is 1.62. The number of hydrogen-bond acceptors (Lipinski definition) is 3. The fraction of sp³-hybridized carbons (Fsp3) is 0.929. The molecule has 3 heterocycles. The van der Waals surface area contributed by atoms with E-state index < -0.39 is 5.97 Å². The van der Waals surface area contributed by atoms with Crippen molar-refractivity contribution in [3.05, 3.63) is 0 Å². The fourth-order valence-electron chi connectivity index (χ4n) is 4.30. The van der Waals surface area contributed by atoms with Crippen LogP contribution in [0.15, 0.2) is 0 Å². The van der Waals surface area contributed by atoms with Crippen LogP contribution in [-0.4, -0.2) is 47.7 Å². The molecule has 3 fully saturated rings. The van der Waals surface area contributed by atoms with Crippen LogP contribution in [-0.2, 0) is 4.79 Å². The lowest BCUT2D eigenvalue weighted by atomic mass is 9.73. The van der Waals surface area contributed by atoms with Crippen LogP contribution in [0.5, 0.6) is 0 Å². The van der Waals surface area contributed by atoms with Gasteiger partial charge < -0.3 is 10.4 Å². The number of hydrogen-bond donors (Lipinski definition) is 2. The van der Waals surface area contributed by atoms with Crippen LogP contribution in [0, 0.1) is 11.8 Å². The SMILES string of the molecule is O=C(O)CC[C@@H]1NC[C@@H]2C[C@H]1CN1CCCC[C@H]21. The molecular formula is C14H24N2O2. The average molecular weight is 252 g/mol. The number of carboxylic acids is 1. The smallest absolute Gasteiger partial charge is 0.303 e. The molecule has 0 unspecified atom stereocenters. The molecule has 0 aromatic heterocycles.